The number of rotatable bonds is 13. The molecule has 15 heteroatoms. The number of nitrogens with one attached hydrogen (secondary N) is 2. The largest absolute Gasteiger partial charge is 0.481 e. The summed E-state index contributed by atoms with van der Waals surface area (Å²) in [5, 5.41) is 3.76. The number of hydrogen-bond acceptors (Lipinski definition) is 10. The highest BCUT2D eigenvalue weighted by Gasteiger charge is 2.27. The first kappa shape index (κ1) is 34.7. The molecule has 0 spiro atoms. The Hall–Kier alpha value is -4.21. The average molecular weight is 675 g/mol. The van der Waals surface area contributed by atoms with Crippen molar-refractivity contribution in [2.45, 2.75) is 49.2 Å². The molecular formula is C31H35FN4O8S2. The molecule has 4 rings (SSSR count). The smallest absolute Gasteiger partial charge is 0.313 e. The molecule has 1 aliphatic rings. The molecule has 1 saturated heterocycles. The maximum absolute atomic E-state index is 13.8. The number of H-pyrrole nitrogens is 1. The number of ether oxygens (including phenoxy) is 2. The highest BCUT2D eigenvalue weighted by molar-refractivity contribution is 8.15. The Morgan fingerprint density at radius 2 is 1.87 bits per heavy atom. The van der Waals surface area contributed by atoms with Crippen molar-refractivity contribution in [2.75, 3.05) is 25.9 Å². The normalized spacial score (nSPS) is 17.5. The first-order valence-corrected chi connectivity index (χ1v) is 17.1. The van der Waals surface area contributed by atoms with Crippen LogP contribution in [-0.4, -0.2) is 83.8 Å². The first-order valence-electron chi connectivity index (χ1n) is 14.3. The second kappa shape index (κ2) is 15.4. The highest BCUT2D eigenvalue weighted by atomic mass is 32.2. The monoisotopic (exact) mass is 674 g/mol. The minimum absolute atomic E-state index is 0.0316. The summed E-state index contributed by atoms with van der Waals surface area (Å²) in [6.07, 6.45) is 3.72. The molecular weight excluding hydrogens is 639 g/mol. The van der Waals surface area contributed by atoms with Gasteiger partial charge in [0.15, 0.2) is 15.5 Å². The molecule has 2 aromatic carbocycles. The number of morpholine rings is 1. The van der Waals surface area contributed by atoms with Crippen molar-refractivity contribution in [3.63, 3.8) is 0 Å². The van der Waals surface area contributed by atoms with E-state index in [0.717, 1.165) is 28.6 Å². The van der Waals surface area contributed by atoms with E-state index in [2.05, 4.69) is 10.4 Å². The molecule has 0 radical (unpaired) electrons. The molecule has 3 atom stereocenters. The fourth-order valence-corrected chi connectivity index (χ4v) is 6.69. The van der Waals surface area contributed by atoms with Gasteiger partial charge in [-0.05, 0) is 43.5 Å². The van der Waals surface area contributed by atoms with Gasteiger partial charge >= 0.3 is 5.56 Å². The van der Waals surface area contributed by atoms with Gasteiger partial charge in [0.2, 0.25) is 16.8 Å². The third kappa shape index (κ3) is 9.17. The van der Waals surface area contributed by atoms with Crippen molar-refractivity contribution in [3.8, 4) is 5.75 Å². The number of nitrogens with zero attached hydrogens (tertiary/aromatic N) is 2. The van der Waals surface area contributed by atoms with Crippen LogP contribution in [0.25, 0.3) is 6.20 Å². The van der Waals surface area contributed by atoms with Crippen LogP contribution in [0.15, 0.2) is 64.4 Å². The summed E-state index contributed by atoms with van der Waals surface area (Å²) in [5.74, 6) is -1.20. The predicted octanol–water partition coefficient (Wildman–Crippen LogP) is 2.64. The number of carbonyl (C=O) groups excluding carboxylic acids is 3. The third-order valence-electron chi connectivity index (χ3n) is 6.93. The quantitative estimate of drug-likeness (QED) is 0.259. The maximum Gasteiger partial charge on any atom is 0.313 e. The molecule has 2 N–H and O–H groups in total. The molecule has 46 heavy (non-hydrogen) atoms. The van der Waals surface area contributed by atoms with E-state index in [-0.39, 0.29) is 59.6 Å². The molecule has 2 heterocycles. The van der Waals surface area contributed by atoms with Crippen LogP contribution in [0, 0.1) is 5.82 Å². The lowest BCUT2D eigenvalue weighted by Crippen LogP contribution is -2.50. The summed E-state index contributed by atoms with van der Waals surface area (Å²) >= 11 is 0.563. The van der Waals surface area contributed by atoms with Gasteiger partial charge in [-0.2, -0.15) is 0 Å². The van der Waals surface area contributed by atoms with Gasteiger partial charge in [-0.25, -0.2) is 17.5 Å². The van der Waals surface area contributed by atoms with E-state index in [9.17, 15) is 32.0 Å². The van der Waals surface area contributed by atoms with Gasteiger partial charge in [-0.3, -0.25) is 19.5 Å². The number of thioether (sulfide) groups is 1. The molecule has 0 saturated carbocycles. The van der Waals surface area contributed by atoms with E-state index < -0.39 is 31.6 Å². The molecule has 12 nitrogen and oxygen atoms in total. The van der Waals surface area contributed by atoms with Crippen molar-refractivity contribution in [2.24, 2.45) is 0 Å². The van der Waals surface area contributed by atoms with Gasteiger partial charge in [-0.1, -0.05) is 48.2 Å². The number of amides is 1. The van der Waals surface area contributed by atoms with Gasteiger partial charge in [0.25, 0.3) is 0 Å². The second-order valence-corrected chi connectivity index (χ2v) is 14.0. The number of aromatic amines is 1. The van der Waals surface area contributed by atoms with Crippen molar-refractivity contribution in [3.05, 3.63) is 87.7 Å². The van der Waals surface area contributed by atoms with E-state index in [1.165, 1.54) is 18.5 Å². The number of hydrogen-bond donors (Lipinski definition) is 2. The summed E-state index contributed by atoms with van der Waals surface area (Å²) < 4.78 is 50.7. The Morgan fingerprint density at radius 1 is 1.17 bits per heavy atom. The molecule has 1 aromatic heterocycles. The first-order chi connectivity index (χ1) is 21.8. The second-order valence-electron chi connectivity index (χ2n) is 10.8. The Labute approximate surface area is 269 Å². The van der Waals surface area contributed by atoms with Crippen LogP contribution in [-0.2, 0) is 37.2 Å². The van der Waals surface area contributed by atoms with Gasteiger partial charge in [0, 0.05) is 31.7 Å². The van der Waals surface area contributed by atoms with Gasteiger partial charge in [0.05, 0.1) is 28.9 Å². The summed E-state index contributed by atoms with van der Waals surface area (Å²) in [7, 11) is -3.83. The molecule has 3 aromatic rings. The van der Waals surface area contributed by atoms with E-state index in [4.69, 9.17) is 9.47 Å². The van der Waals surface area contributed by atoms with E-state index in [0.29, 0.717) is 31.1 Å². The zero-order valence-electron chi connectivity index (χ0n) is 25.5. The van der Waals surface area contributed by atoms with Crippen molar-refractivity contribution in [1.29, 1.82) is 0 Å². The molecule has 1 amide bonds. The number of aldehydes is 1. The molecule has 0 bridgehead atoms. The fourth-order valence-electron chi connectivity index (χ4n) is 4.88. The lowest BCUT2D eigenvalue weighted by Gasteiger charge is -2.35. The maximum atomic E-state index is 13.8. The number of aromatic nitrogens is 2. The minimum atomic E-state index is -3.83. The molecule has 246 valence electrons. The minimum Gasteiger partial charge on any atom is -0.481 e. The summed E-state index contributed by atoms with van der Waals surface area (Å²) in [5.41, 5.74) is -0.0195. The van der Waals surface area contributed by atoms with Gasteiger partial charge in [0.1, 0.15) is 18.7 Å². The highest BCUT2D eigenvalue weighted by Crippen LogP contribution is 2.27. The lowest BCUT2D eigenvalue weighted by atomic mass is 10.1. The Morgan fingerprint density at radius 3 is 2.52 bits per heavy atom. The SMILES string of the molecule is C[C@@H]1CN(C(=O)CN/C=C\n2[nH]c(C(=O)SC(C=O)Cc3ccc(F)cc3S(C)(=O)=O)c(OCc3ccccc3)c2=O)C[C@@H](C)O1. The van der Waals surface area contributed by atoms with Gasteiger partial charge in [-0.15, -0.1) is 0 Å². The molecule has 0 aliphatic carbocycles. The van der Waals surface area contributed by atoms with Crippen LogP contribution >= 0.6 is 11.8 Å². The van der Waals surface area contributed by atoms with Crippen LogP contribution < -0.4 is 15.6 Å². The third-order valence-corrected chi connectivity index (χ3v) is 9.11. The van der Waals surface area contributed by atoms with Crippen LogP contribution in [0.5, 0.6) is 5.75 Å². The topological polar surface area (TPSA) is 157 Å². The number of carbonyl (C=O) groups is 3. The Balaban J connectivity index is 1.52. The van der Waals surface area contributed by atoms with Crippen LogP contribution in [0.4, 0.5) is 4.39 Å². The standard InChI is InChI=1S/C31H35FN4O8S2/c1-20-16-35(17-21(2)44-20)27(38)15-33-11-12-36-30(39)29(43-19-22-7-5-4-6-8-22)28(34-36)31(40)45-25(18-37)13-23-9-10-24(32)14-26(23)46(3,41)42/h4-12,14,18,20-21,25,33-34H,13,15-17,19H2,1-3H3/b12-11-/t20-,21-,25?/m1/s1. The zero-order valence-corrected chi connectivity index (χ0v) is 27.1. The summed E-state index contributed by atoms with van der Waals surface area (Å²) in [6, 6.07) is 12.1. The number of benzene rings is 2. The van der Waals surface area contributed by atoms with E-state index >= 15 is 0 Å². The number of halogens is 1. The molecule has 1 unspecified atom stereocenters. The number of sulfone groups is 1. The fraction of sp³-hybridized carbons (Fsp3) is 0.355. The average Bonchev–Trinajstić information content (AvgIpc) is 3.32. The molecule has 1 aliphatic heterocycles. The summed E-state index contributed by atoms with van der Waals surface area (Å²) in [4.78, 5) is 52.8. The van der Waals surface area contributed by atoms with Crippen molar-refractivity contribution in [1.82, 2.24) is 20.0 Å². The van der Waals surface area contributed by atoms with Crippen molar-refractivity contribution >= 4 is 45.1 Å². The zero-order chi connectivity index (χ0) is 33.4. The van der Waals surface area contributed by atoms with Crippen molar-refractivity contribution < 1.29 is 36.7 Å². The Kier molecular flexibility index (Phi) is 11.6. The van der Waals surface area contributed by atoms with Crippen LogP contribution in [0.1, 0.15) is 35.5 Å². The predicted molar refractivity (Wildman–Crippen MR) is 171 cm³/mol. The van der Waals surface area contributed by atoms with Crippen LogP contribution in [0.3, 0.4) is 0 Å². The van der Waals surface area contributed by atoms with Gasteiger partial charge < -0.3 is 24.5 Å². The molecule has 1 fully saturated rings. The lowest BCUT2D eigenvalue weighted by molar-refractivity contribution is -0.142. The van der Waals surface area contributed by atoms with Crippen LogP contribution in [0.2, 0.25) is 0 Å². The Bertz CT molecular complexity index is 1750. The summed E-state index contributed by atoms with van der Waals surface area (Å²) in [6.45, 7) is 4.65. The van der Waals surface area contributed by atoms with E-state index in [1.54, 1.807) is 29.2 Å². The van der Waals surface area contributed by atoms with E-state index in [1.807, 2.05) is 19.9 Å².